The number of aliphatic hydroxyl groups excluding tert-OH is 1. The summed E-state index contributed by atoms with van der Waals surface area (Å²) in [5, 5.41) is 17.9. The summed E-state index contributed by atoms with van der Waals surface area (Å²) in [5.41, 5.74) is 6.09. The highest BCUT2D eigenvalue weighted by molar-refractivity contribution is 5.86. The zero-order valence-electron chi connectivity index (χ0n) is 20.2. The number of nitrogens with one attached hydrogen (secondary N) is 1. The van der Waals surface area contributed by atoms with E-state index in [4.69, 9.17) is 10.1 Å². The first kappa shape index (κ1) is 22.4. The van der Waals surface area contributed by atoms with Gasteiger partial charge >= 0.3 is 0 Å². The van der Waals surface area contributed by atoms with Crippen LogP contribution in [0, 0.1) is 6.92 Å². The molecule has 0 bridgehead atoms. The number of aryl methyl sites for hydroxylation is 2. The van der Waals surface area contributed by atoms with Crippen LogP contribution >= 0.6 is 0 Å². The molecule has 0 aromatic carbocycles. The van der Waals surface area contributed by atoms with Crippen molar-refractivity contribution < 1.29 is 5.11 Å². The zero-order chi connectivity index (χ0) is 23.8. The summed E-state index contributed by atoms with van der Waals surface area (Å²) < 4.78 is 4.06. The molecule has 10 heteroatoms. The van der Waals surface area contributed by atoms with Crippen LogP contribution in [-0.4, -0.2) is 57.0 Å². The van der Waals surface area contributed by atoms with E-state index in [0.29, 0.717) is 12.5 Å². The number of aliphatic hydroxyl groups is 1. The highest BCUT2D eigenvalue weighted by atomic mass is 16.3. The molecule has 1 aliphatic rings. The Hall–Kier alpha value is -3.40. The summed E-state index contributed by atoms with van der Waals surface area (Å²) in [6.45, 7) is 9.66. The topological polar surface area (TPSA) is 119 Å². The molecule has 4 aromatic heterocycles. The Labute approximate surface area is 198 Å². The minimum atomic E-state index is 0.0979. The van der Waals surface area contributed by atoms with Gasteiger partial charge in [-0.05, 0) is 44.6 Å². The molecule has 5 rings (SSSR count). The lowest BCUT2D eigenvalue weighted by Gasteiger charge is -2.25. The van der Waals surface area contributed by atoms with Crippen molar-refractivity contribution in [1.29, 1.82) is 0 Å². The van der Waals surface area contributed by atoms with Crippen LogP contribution in [0.5, 0.6) is 0 Å². The highest BCUT2D eigenvalue weighted by Gasteiger charge is 2.28. The molecule has 2 N–H and O–H groups in total. The van der Waals surface area contributed by atoms with Crippen LogP contribution in [-0.2, 0) is 25.9 Å². The second-order valence-electron chi connectivity index (χ2n) is 9.09. The maximum atomic E-state index is 9.45. The zero-order valence-corrected chi connectivity index (χ0v) is 20.2. The van der Waals surface area contributed by atoms with E-state index in [-0.39, 0.29) is 12.6 Å². The van der Waals surface area contributed by atoms with Gasteiger partial charge in [-0.1, -0.05) is 13.8 Å². The maximum Gasteiger partial charge on any atom is 0.165 e. The molecule has 0 fully saturated rings. The van der Waals surface area contributed by atoms with Crippen molar-refractivity contribution in [3.05, 3.63) is 41.5 Å². The van der Waals surface area contributed by atoms with Gasteiger partial charge in [-0.3, -0.25) is 4.68 Å². The molecular formula is C24H31N9O. The Bertz CT molecular complexity index is 1310. The lowest BCUT2D eigenvalue weighted by molar-refractivity contribution is 0.266. The number of imidazole rings is 1. The Kier molecular flexibility index (Phi) is 5.99. The van der Waals surface area contributed by atoms with Crippen molar-refractivity contribution in [3.63, 3.8) is 0 Å². The predicted octanol–water partition coefficient (Wildman–Crippen LogP) is 2.89. The molecule has 4 aromatic rings. The summed E-state index contributed by atoms with van der Waals surface area (Å²) >= 11 is 0. The summed E-state index contributed by atoms with van der Waals surface area (Å²) in [6, 6.07) is 0.216. The van der Waals surface area contributed by atoms with Crippen molar-refractivity contribution >= 4 is 17.0 Å². The fourth-order valence-corrected chi connectivity index (χ4v) is 4.85. The second kappa shape index (κ2) is 9.09. The quantitative estimate of drug-likeness (QED) is 0.431. The van der Waals surface area contributed by atoms with E-state index in [1.165, 1.54) is 11.3 Å². The third-order valence-corrected chi connectivity index (χ3v) is 6.46. The first-order valence-corrected chi connectivity index (χ1v) is 12.0. The molecule has 0 aliphatic heterocycles. The minimum Gasteiger partial charge on any atom is -0.394 e. The standard InChI is InChI=1S/C24H31N9O/c1-5-32-23(16-11-25-15(4)26-12-16)30-21-22(27-13-28-24(21)32)29-17-6-7-19-18(10-17)20(14(2)3)31-33(19)8-9-34/h11-14,17,34H,5-10H2,1-4H3,(H,27,28,29)/t17-/m1/s1. The highest BCUT2D eigenvalue weighted by Crippen LogP contribution is 2.32. The van der Waals surface area contributed by atoms with Crippen molar-refractivity contribution in [1.82, 2.24) is 39.3 Å². The fraction of sp³-hybridized carbons (Fsp3) is 0.500. The summed E-state index contributed by atoms with van der Waals surface area (Å²) in [6.07, 6.45) is 7.94. The van der Waals surface area contributed by atoms with Crippen LogP contribution in [0.1, 0.15) is 55.9 Å². The molecule has 0 radical (unpaired) electrons. The molecule has 0 amide bonds. The van der Waals surface area contributed by atoms with Crippen molar-refractivity contribution in [2.45, 2.75) is 72.0 Å². The Morgan fingerprint density at radius 2 is 1.97 bits per heavy atom. The van der Waals surface area contributed by atoms with Crippen LogP contribution < -0.4 is 5.32 Å². The number of aromatic nitrogens is 8. The average Bonchev–Trinajstić information content (AvgIpc) is 3.39. The molecule has 0 unspecified atom stereocenters. The van der Waals surface area contributed by atoms with Crippen molar-refractivity contribution in [3.8, 4) is 11.4 Å². The molecule has 34 heavy (non-hydrogen) atoms. The van der Waals surface area contributed by atoms with E-state index in [1.54, 1.807) is 18.7 Å². The molecule has 10 nitrogen and oxygen atoms in total. The van der Waals surface area contributed by atoms with Gasteiger partial charge in [0.15, 0.2) is 17.0 Å². The van der Waals surface area contributed by atoms with Crippen LogP contribution in [0.2, 0.25) is 0 Å². The Morgan fingerprint density at radius 1 is 1.18 bits per heavy atom. The van der Waals surface area contributed by atoms with E-state index in [0.717, 1.165) is 65.7 Å². The summed E-state index contributed by atoms with van der Waals surface area (Å²) in [5.74, 6) is 2.59. The number of fused-ring (bicyclic) bond motifs is 2. The largest absolute Gasteiger partial charge is 0.394 e. The van der Waals surface area contributed by atoms with Gasteiger partial charge < -0.3 is 15.0 Å². The smallest absolute Gasteiger partial charge is 0.165 e. The van der Waals surface area contributed by atoms with Crippen LogP contribution in [0.25, 0.3) is 22.6 Å². The molecular weight excluding hydrogens is 430 g/mol. The number of hydrogen-bond donors (Lipinski definition) is 2. The van der Waals surface area contributed by atoms with E-state index < -0.39 is 0 Å². The van der Waals surface area contributed by atoms with Crippen LogP contribution in [0.4, 0.5) is 5.82 Å². The average molecular weight is 462 g/mol. The second-order valence-corrected chi connectivity index (χ2v) is 9.09. The molecule has 1 atom stereocenters. The molecule has 0 saturated heterocycles. The number of anilines is 1. The molecule has 178 valence electrons. The first-order valence-electron chi connectivity index (χ1n) is 12.0. The number of hydrogen-bond acceptors (Lipinski definition) is 8. The first-order chi connectivity index (χ1) is 16.5. The van der Waals surface area contributed by atoms with Gasteiger partial charge in [-0.15, -0.1) is 0 Å². The van der Waals surface area contributed by atoms with Crippen LogP contribution in [0.15, 0.2) is 18.7 Å². The SMILES string of the molecule is CCn1c(-c2cnc(C)nc2)nc2c(N[C@@H]3CCc4c(c(C(C)C)nn4CCO)C3)ncnc21. The van der Waals surface area contributed by atoms with Gasteiger partial charge in [0.2, 0.25) is 0 Å². The lowest BCUT2D eigenvalue weighted by Crippen LogP contribution is -2.29. The molecule has 0 spiro atoms. The normalized spacial score (nSPS) is 15.8. The van der Waals surface area contributed by atoms with Gasteiger partial charge in [0.25, 0.3) is 0 Å². The van der Waals surface area contributed by atoms with Crippen molar-refractivity contribution in [2.75, 3.05) is 11.9 Å². The van der Waals surface area contributed by atoms with Gasteiger partial charge in [0, 0.05) is 30.7 Å². The van der Waals surface area contributed by atoms with Crippen LogP contribution in [0.3, 0.4) is 0 Å². The number of nitrogens with zero attached hydrogens (tertiary/aromatic N) is 8. The Balaban J connectivity index is 1.48. The summed E-state index contributed by atoms with van der Waals surface area (Å²) in [7, 11) is 0. The van der Waals surface area contributed by atoms with Gasteiger partial charge in [-0.25, -0.2) is 24.9 Å². The lowest BCUT2D eigenvalue weighted by atomic mass is 9.89. The third kappa shape index (κ3) is 3.91. The van der Waals surface area contributed by atoms with Crippen molar-refractivity contribution in [2.24, 2.45) is 0 Å². The van der Waals surface area contributed by atoms with Gasteiger partial charge in [0.05, 0.1) is 24.4 Å². The summed E-state index contributed by atoms with van der Waals surface area (Å²) in [4.78, 5) is 22.7. The van der Waals surface area contributed by atoms with E-state index in [2.05, 4.69) is 50.6 Å². The molecule has 0 saturated carbocycles. The fourth-order valence-electron chi connectivity index (χ4n) is 4.85. The van der Waals surface area contributed by atoms with E-state index >= 15 is 0 Å². The minimum absolute atomic E-state index is 0.0979. The maximum absolute atomic E-state index is 9.45. The molecule has 4 heterocycles. The Morgan fingerprint density at radius 3 is 2.68 bits per heavy atom. The van der Waals surface area contributed by atoms with Gasteiger partial charge in [-0.2, -0.15) is 5.10 Å². The predicted molar refractivity (Wildman–Crippen MR) is 130 cm³/mol. The third-order valence-electron chi connectivity index (χ3n) is 6.46. The van der Waals surface area contributed by atoms with Gasteiger partial charge in [0.1, 0.15) is 18.0 Å². The monoisotopic (exact) mass is 461 g/mol. The number of rotatable bonds is 7. The van der Waals surface area contributed by atoms with E-state index in [1.807, 2.05) is 11.6 Å². The molecule has 1 aliphatic carbocycles. The van der Waals surface area contributed by atoms with E-state index in [9.17, 15) is 5.11 Å².